The summed E-state index contributed by atoms with van der Waals surface area (Å²) in [5.41, 5.74) is -0.215. The molecular weight excluding hydrogens is 201 g/mol. The topological polar surface area (TPSA) is 63.4 Å². The van der Waals surface area contributed by atoms with Crippen molar-refractivity contribution in [2.75, 3.05) is 0 Å². The lowest BCUT2D eigenvalue weighted by Crippen LogP contribution is -2.01. The maximum absolute atomic E-state index is 13.2. The van der Waals surface area contributed by atoms with Gasteiger partial charge in [-0.15, -0.1) is 0 Å². The Hall–Kier alpha value is -1.49. The van der Waals surface area contributed by atoms with Crippen molar-refractivity contribution in [1.82, 2.24) is 0 Å². The van der Waals surface area contributed by atoms with Crippen molar-refractivity contribution in [2.24, 2.45) is 0 Å². The van der Waals surface area contributed by atoms with Gasteiger partial charge in [-0.05, 0) is 12.5 Å². The monoisotopic (exact) mass is 213 g/mol. The predicted molar refractivity (Wildman–Crippen MR) is 52.9 cm³/mol. The number of hydrogen-bond acceptors (Lipinski definition) is 3. The van der Waals surface area contributed by atoms with Crippen molar-refractivity contribution in [1.29, 1.82) is 0 Å². The van der Waals surface area contributed by atoms with Crippen molar-refractivity contribution in [3.63, 3.8) is 0 Å². The molecule has 0 fully saturated rings. The van der Waals surface area contributed by atoms with Crippen LogP contribution in [0.4, 0.5) is 10.1 Å². The number of nitrogens with zero attached hydrogens (tertiary/aromatic N) is 1. The Bertz CT molecular complexity index is 368. The Balaban J connectivity index is 3.04. The summed E-state index contributed by atoms with van der Waals surface area (Å²) in [5, 5.41) is 20.0. The van der Waals surface area contributed by atoms with Gasteiger partial charge >= 0.3 is 0 Å². The van der Waals surface area contributed by atoms with E-state index in [0.717, 1.165) is 18.2 Å². The van der Waals surface area contributed by atoms with Crippen molar-refractivity contribution in [3.8, 4) is 0 Å². The number of nitro groups is 1. The van der Waals surface area contributed by atoms with Gasteiger partial charge in [-0.3, -0.25) is 10.1 Å². The lowest BCUT2D eigenvalue weighted by Gasteiger charge is -2.09. The first-order valence-electron chi connectivity index (χ1n) is 4.68. The molecule has 0 heterocycles. The molecule has 0 bridgehead atoms. The summed E-state index contributed by atoms with van der Waals surface area (Å²) in [5.74, 6) is -0.610. The van der Waals surface area contributed by atoms with Crippen molar-refractivity contribution >= 4 is 5.69 Å². The van der Waals surface area contributed by atoms with E-state index in [1.165, 1.54) is 0 Å². The fraction of sp³-hybridized carbons (Fsp3) is 0.400. The molecule has 1 aromatic rings. The van der Waals surface area contributed by atoms with Gasteiger partial charge in [0.1, 0.15) is 5.82 Å². The zero-order valence-electron chi connectivity index (χ0n) is 8.31. The second kappa shape index (κ2) is 4.84. The number of halogens is 1. The van der Waals surface area contributed by atoms with Gasteiger partial charge < -0.3 is 5.11 Å². The third kappa shape index (κ3) is 2.73. The van der Waals surface area contributed by atoms with Gasteiger partial charge in [0.05, 0.1) is 11.0 Å². The lowest BCUT2D eigenvalue weighted by molar-refractivity contribution is -0.385. The highest BCUT2D eigenvalue weighted by atomic mass is 19.1. The zero-order valence-corrected chi connectivity index (χ0v) is 8.31. The maximum Gasteiger partial charge on any atom is 0.270 e. The number of aliphatic hydroxyl groups is 1. The van der Waals surface area contributed by atoms with E-state index < -0.39 is 16.8 Å². The fourth-order valence-corrected chi connectivity index (χ4v) is 1.33. The van der Waals surface area contributed by atoms with Crippen LogP contribution < -0.4 is 0 Å². The Morgan fingerprint density at radius 1 is 1.60 bits per heavy atom. The molecule has 1 rings (SSSR count). The van der Waals surface area contributed by atoms with E-state index in [1.54, 1.807) is 0 Å². The standard InChI is InChI=1S/C10H12FNO3/c1-2-3-10(13)8-6-7(12(14)15)4-5-9(8)11/h4-6,10,13H,2-3H2,1H3. The second-order valence-electron chi connectivity index (χ2n) is 3.27. The van der Waals surface area contributed by atoms with Crippen LogP contribution in [0.15, 0.2) is 18.2 Å². The summed E-state index contributed by atoms with van der Waals surface area (Å²) in [6.45, 7) is 1.85. The summed E-state index contributed by atoms with van der Waals surface area (Å²) in [6, 6.07) is 3.17. The summed E-state index contributed by atoms with van der Waals surface area (Å²) in [6.07, 6.45) is 0.0939. The number of nitro benzene ring substituents is 1. The Labute approximate surface area is 86.5 Å². The first-order chi connectivity index (χ1) is 7.06. The van der Waals surface area contributed by atoms with Crippen LogP contribution in [0.2, 0.25) is 0 Å². The largest absolute Gasteiger partial charge is 0.388 e. The molecular formula is C10H12FNO3. The minimum absolute atomic E-state index is 0.00829. The molecule has 1 N–H and O–H groups in total. The highest BCUT2D eigenvalue weighted by Gasteiger charge is 2.16. The highest BCUT2D eigenvalue weighted by Crippen LogP contribution is 2.25. The number of hydrogen-bond donors (Lipinski definition) is 1. The molecule has 4 nitrogen and oxygen atoms in total. The van der Waals surface area contributed by atoms with Crippen molar-refractivity contribution in [2.45, 2.75) is 25.9 Å². The molecule has 0 saturated carbocycles. The molecule has 0 saturated heterocycles. The minimum Gasteiger partial charge on any atom is -0.388 e. The van der Waals surface area contributed by atoms with Gasteiger partial charge in [-0.25, -0.2) is 4.39 Å². The smallest absolute Gasteiger partial charge is 0.270 e. The molecule has 1 unspecified atom stereocenters. The molecule has 0 spiro atoms. The highest BCUT2D eigenvalue weighted by molar-refractivity contribution is 5.36. The van der Waals surface area contributed by atoms with Crippen LogP contribution in [-0.2, 0) is 0 Å². The van der Waals surface area contributed by atoms with E-state index in [-0.39, 0.29) is 11.3 Å². The van der Waals surface area contributed by atoms with Crippen molar-refractivity contribution < 1.29 is 14.4 Å². The Morgan fingerprint density at radius 3 is 2.80 bits per heavy atom. The molecule has 0 aliphatic rings. The average Bonchev–Trinajstić information content (AvgIpc) is 2.18. The van der Waals surface area contributed by atoms with Gasteiger partial charge in [0, 0.05) is 17.7 Å². The molecule has 0 radical (unpaired) electrons. The number of rotatable bonds is 4. The summed E-state index contributed by atoms with van der Waals surface area (Å²) < 4.78 is 13.2. The normalized spacial score (nSPS) is 12.5. The first-order valence-corrected chi connectivity index (χ1v) is 4.68. The zero-order chi connectivity index (χ0) is 11.4. The fourth-order valence-electron chi connectivity index (χ4n) is 1.33. The molecule has 0 aliphatic carbocycles. The Kier molecular flexibility index (Phi) is 3.74. The second-order valence-corrected chi connectivity index (χ2v) is 3.27. The molecule has 5 heteroatoms. The van der Waals surface area contributed by atoms with E-state index in [4.69, 9.17) is 0 Å². The van der Waals surface area contributed by atoms with Gasteiger partial charge in [-0.2, -0.15) is 0 Å². The van der Waals surface area contributed by atoms with Crippen LogP contribution in [-0.4, -0.2) is 10.0 Å². The molecule has 82 valence electrons. The number of aliphatic hydroxyl groups excluding tert-OH is 1. The molecule has 0 aliphatic heterocycles. The van der Waals surface area contributed by atoms with Gasteiger partial charge in [0.15, 0.2) is 0 Å². The van der Waals surface area contributed by atoms with Gasteiger partial charge in [-0.1, -0.05) is 13.3 Å². The Morgan fingerprint density at radius 2 is 2.27 bits per heavy atom. The summed E-state index contributed by atoms with van der Waals surface area (Å²) in [7, 11) is 0. The summed E-state index contributed by atoms with van der Waals surface area (Å²) >= 11 is 0. The van der Waals surface area contributed by atoms with Gasteiger partial charge in [0.2, 0.25) is 0 Å². The third-order valence-corrected chi connectivity index (χ3v) is 2.11. The van der Waals surface area contributed by atoms with E-state index in [1.807, 2.05) is 6.92 Å². The van der Waals surface area contributed by atoms with E-state index >= 15 is 0 Å². The molecule has 15 heavy (non-hydrogen) atoms. The lowest BCUT2D eigenvalue weighted by atomic mass is 10.0. The first kappa shape index (κ1) is 11.6. The molecule has 1 aromatic carbocycles. The van der Waals surface area contributed by atoms with Crippen LogP contribution in [0.25, 0.3) is 0 Å². The van der Waals surface area contributed by atoms with Crippen LogP contribution >= 0.6 is 0 Å². The van der Waals surface area contributed by atoms with Crippen molar-refractivity contribution in [3.05, 3.63) is 39.7 Å². The van der Waals surface area contributed by atoms with E-state index in [9.17, 15) is 19.6 Å². The quantitative estimate of drug-likeness (QED) is 0.617. The minimum atomic E-state index is -0.977. The van der Waals surface area contributed by atoms with E-state index in [2.05, 4.69) is 0 Å². The van der Waals surface area contributed by atoms with Crippen LogP contribution in [0.1, 0.15) is 31.4 Å². The third-order valence-electron chi connectivity index (χ3n) is 2.11. The molecule has 0 aromatic heterocycles. The number of benzene rings is 1. The SMILES string of the molecule is CCCC(O)c1cc([N+](=O)[O-])ccc1F. The van der Waals surface area contributed by atoms with Crippen LogP contribution in [0, 0.1) is 15.9 Å². The molecule has 1 atom stereocenters. The van der Waals surface area contributed by atoms with Gasteiger partial charge in [0.25, 0.3) is 5.69 Å². The van der Waals surface area contributed by atoms with E-state index in [0.29, 0.717) is 12.8 Å². The predicted octanol–water partition coefficient (Wildman–Crippen LogP) is 2.57. The molecule has 0 amide bonds. The van der Waals surface area contributed by atoms with Crippen LogP contribution in [0.5, 0.6) is 0 Å². The summed E-state index contributed by atoms with van der Waals surface area (Å²) in [4.78, 5) is 9.84. The average molecular weight is 213 g/mol. The maximum atomic E-state index is 13.2. The van der Waals surface area contributed by atoms with Crippen LogP contribution in [0.3, 0.4) is 0 Å². The number of non-ortho nitro benzene ring substituents is 1.